The molecule has 0 N–H and O–H groups in total. The number of benzene rings is 3. The molecule has 0 saturated heterocycles. The van der Waals surface area contributed by atoms with Gasteiger partial charge in [0.05, 0.1) is 26.4 Å². The maximum Gasteiger partial charge on any atom is 0.127 e. The lowest BCUT2D eigenvalue weighted by atomic mass is 10.1. The van der Waals surface area contributed by atoms with Crippen LogP contribution in [0.2, 0.25) is 0 Å². The van der Waals surface area contributed by atoms with Crippen LogP contribution in [-0.2, 0) is 0 Å². The number of hydrogen-bond acceptors (Lipinski definition) is 4. The molecule has 0 radical (unpaired) electrons. The van der Waals surface area contributed by atoms with Crippen LogP contribution >= 0.6 is 0 Å². The molecule has 4 heteroatoms. The van der Waals surface area contributed by atoms with Gasteiger partial charge in [0.2, 0.25) is 0 Å². The van der Waals surface area contributed by atoms with Crippen LogP contribution in [0.3, 0.4) is 0 Å². The molecule has 0 spiro atoms. The zero-order valence-corrected chi connectivity index (χ0v) is 45.0. The maximum atomic E-state index is 6.50. The molecule has 0 bridgehead atoms. The SMILES string of the molecule is CCCCCCCCCCOc1cc(/C=C/c2ccc(/C=C/c3cc(OCCCCCCCCCC)c(C)cc3OCCCCCCCCCC)cc2)c(OCCCCCCCCCC)cc1C. The van der Waals surface area contributed by atoms with Gasteiger partial charge in [0.15, 0.2) is 0 Å². The van der Waals surface area contributed by atoms with Crippen LogP contribution in [0.4, 0.5) is 0 Å². The van der Waals surface area contributed by atoms with E-state index in [1.807, 2.05) is 0 Å². The van der Waals surface area contributed by atoms with E-state index in [1.165, 1.54) is 180 Å². The normalized spacial score (nSPS) is 11.6. The van der Waals surface area contributed by atoms with Crippen LogP contribution < -0.4 is 18.9 Å². The Balaban J connectivity index is 1.69. The van der Waals surface area contributed by atoms with Crippen molar-refractivity contribution >= 4 is 24.3 Å². The fraction of sp³-hybridized carbons (Fsp3) is 0.656. The van der Waals surface area contributed by atoms with Crippen molar-refractivity contribution in [1.82, 2.24) is 0 Å². The summed E-state index contributed by atoms with van der Waals surface area (Å²) in [5.41, 5.74) is 6.73. The minimum absolute atomic E-state index is 0.745. The molecule has 3 aromatic carbocycles. The van der Waals surface area contributed by atoms with E-state index in [-0.39, 0.29) is 0 Å². The standard InChI is InChI=1S/C64H102O4/c1-7-11-15-19-23-27-31-35-47-65-61-53-59(63(51-55(61)5)67-49-37-33-29-25-21-17-13-9-3)45-43-57-39-41-58(42-40-57)44-46-60-54-62(66-48-36-32-28-24-20-16-12-8-2)56(6)52-64(60)68-50-38-34-30-26-22-18-14-10-4/h39-46,51-54H,7-38,47-50H2,1-6H3/b45-43+,46-44+. The first kappa shape index (κ1) is 58.7. The first-order valence-corrected chi connectivity index (χ1v) is 28.8. The molecule has 0 atom stereocenters. The quantitative estimate of drug-likeness (QED) is 0.0418. The summed E-state index contributed by atoms with van der Waals surface area (Å²) in [6, 6.07) is 17.6. The van der Waals surface area contributed by atoms with Gasteiger partial charge in [-0.25, -0.2) is 0 Å². The van der Waals surface area contributed by atoms with Gasteiger partial charge in [0.1, 0.15) is 23.0 Å². The lowest BCUT2D eigenvalue weighted by molar-refractivity contribution is 0.294. The second-order valence-corrected chi connectivity index (χ2v) is 19.9. The number of aryl methyl sites for hydroxylation is 2. The second kappa shape index (κ2) is 40.1. The third kappa shape index (κ3) is 27.5. The van der Waals surface area contributed by atoms with E-state index in [4.69, 9.17) is 18.9 Å². The molecular weight excluding hydrogens is 833 g/mol. The first-order chi connectivity index (χ1) is 33.5. The van der Waals surface area contributed by atoms with Crippen LogP contribution in [0.15, 0.2) is 48.5 Å². The van der Waals surface area contributed by atoms with E-state index < -0.39 is 0 Å². The van der Waals surface area contributed by atoms with Crippen molar-refractivity contribution < 1.29 is 18.9 Å². The fourth-order valence-corrected chi connectivity index (χ4v) is 8.94. The summed E-state index contributed by atoms with van der Waals surface area (Å²) in [5.74, 6) is 3.82. The van der Waals surface area contributed by atoms with Crippen molar-refractivity contribution in [2.45, 2.75) is 247 Å². The van der Waals surface area contributed by atoms with Gasteiger partial charge in [0, 0.05) is 11.1 Å². The van der Waals surface area contributed by atoms with Crippen molar-refractivity contribution in [2.75, 3.05) is 26.4 Å². The Hall–Kier alpha value is -3.66. The van der Waals surface area contributed by atoms with Crippen molar-refractivity contribution in [1.29, 1.82) is 0 Å². The summed E-state index contributed by atoms with van der Waals surface area (Å²) in [6.07, 6.45) is 50.2. The van der Waals surface area contributed by atoms with Gasteiger partial charge in [-0.2, -0.15) is 0 Å². The molecular formula is C64H102O4. The van der Waals surface area contributed by atoms with E-state index in [9.17, 15) is 0 Å². The summed E-state index contributed by atoms with van der Waals surface area (Å²) in [6.45, 7) is 16.5. The summed E-state index contributed by atoms with van der Waals surface area (Å²) < 4.78 is 25.8. The van der Waals surface area contributed by atoms with Crippen molar-refractivity contribution in [3.63, 3.8) is 0 Å². The van der Waals surface area contributed by atoms with Crippen LogP contribution in [0.1, 0.15) is 267 Å². The molecule has 0 heterocycles. The summed E-state index contributed by atoms with van der Waals surface area (Å²) in [4.78, 5) is 0. The van der Waals surface area contributed by atoms with Gasteiger partial charge in [-0.15, -0.1) is 0 Å². The molecule has 3 aromatic rings. The second-order valence-electron chi connectivity index (χ2n) is 19.9. The van der Waals surface area contributed by atoms with Gasteiger partial charge < -0.3 is 18.9 Å². The molecule has 0 saturated carbocycles. The van der Waals surface area contributed by atoms with Gasteiger partial charge in [-0.05, 0) is 86.1 Å². The van der Waals surface area contributed by atoms with E-state index in [1.54, 1.807) is 0 Å². The van der Waals surface area contributed by atoms with E-state index in [0.717, 1.165) is 108 Å². The molecule has 4 nitrogen and oxygen atoms in total. The number of rotatable bonds is 44. The van der Waals surface area contributed by atoms with Crippen LogP contribution in [0.25, 0.3) is 24.3 Å². The van der Waals surface area contributed by atoms with E-state index in [2.05, 4.69) is 114 Å². The molecule has 0 aliphatic rings. The smallest absolute Gasteiger partial charge is 0.127 e. The van der Waals surface area contributed by atoms with Gasteiger partial charge >= 0.3 is 0 Å². The molecule has 0 amide bonds. The number of unbranched alkanes of at least 4 members (excludes halogenated alkanes) is 28. The predicted octanol–water partition coefficient (Wildman–Crippen LogP) is 20.7. The van der Waals surface area contributed by atoms with Crippen molar-refractivity contribution in [3.8, 4) is 23.0 Å². The summed E-state index contributed by atoms with van der Waals surface area (Å²) in [5, 5.41) is 0. The number of ether oxygens (including phenoxy) is 4. The molecule has 0 aliphatic heterocycles. The largest absolute Gasteiger partial charge is 0.493 e. The Bertz CT molecular complexity index is 1590. The highest BCUT2D eigenvalue weighted by atomic mass is 16.5. The van der Waals surface area contributed by atoms with E-state index in [0.29, 0.717) is 0 Å². The van der Waals surface area contributed by atoms with Crippen LogP contribution in [0, 0.1) is 13.8 Å². The average Bonchev–Trinajstić information content (AvgIpc) is 3.34. The lowest BCUT2D eigenvalue weighted by Gasteiger charge is -2.15. The Kier molecular flexibility index (Phi) is 34.6. The van der Waals surface area contributed by atoms with Gasteiger partial charge in [0.25, 0.3) is 0 Å². The highest BCUT2D eigenvalue weighted by molar-refractivity contribution is 5.77. The Morgan fingerprint density at radius 1 is 0.279 bits per heavy atom. The molecule has 382 valence electrons. The zero-order valence-electron chi connectivity index (χ0n) is 45.0. The third-order valence-corrected chi connectivity index (χ3v) is 13.5. The zero-order chi connectivity index (χ0) is 48.5. The Labute approximate surface area is 419 Å². The van der Waals surface area contributed by atoms with Crippen LogP contribution in [0.5, 0.6) is 23.0 Å². The molecule has 0 aliphatic carbocycles. The van der Waals surface area contributed by atoms with Crippen LogP contribution in [-0.4, -0.2) is 26.4 Å². The minimum atomic E-state index is 0.745. The molecule has 0 aromatic heterocycles. The van der Waals surface area contributed by atoms with Gasteiger partial charge in [-0.3, -0.25) is 0 Å². The molecule has 0 fully saturated rings. The van der Waals surface area contributed by atoms with Crippen molar-refractivity contribution in [2.24, 2.45) is 0 Å². The van der Waals surface area contributed by atoms with E-state index >= 15 is 0 Å². The van der Waals surface area contributed by atoms with Crippen molar-refractivity contribution in [3.05, 3.63) is 81.9 Å². The monoisotopic (exact) mass is 935 g/mol. The lowest BCUT2D eigenvalue weighted by Crippen LogP contribution is -2.03. The van der Waals surface area contributed by atoms with Gasteiger partial charge in [-0.1, -0.05) is 256 Å². The minimum Gasteiger partial charge on any atom is -0.493 e. The Morgan fingerprint density at radius 3 is 0.779 bits per heavy atom. The Morgan fingerprint density at radius 2 is 0.515 bits per heavy atom. The fourth-order valence-electron chi connectivity index (χ4n) is 8.94. The summed E-state index contributed by atoms with van der Waals surface area (Å²) >= 11 is 0. The number of hydrogen-bond donors (Lipinski definition) is 0. The summed E-state index contributed by atoms with van der Waals surface area (Å²) in [7, 11) is 0. The topological polar surface area (TPSA) is 36.9 Å². The molecule has 68 heavy (non-hydrogen) atoms. The molecule has 0 unspecified atom stereocenters. The molecule has 3 rings (SSSR count). The first-order valence-electron chi connectivity index (χ1n) is 28.8. The maximum absolute atomic E-state index is 6.50. The average molecular weight is 936 g/mol. The predicted molar refractivity (Wildman–Crippen MR) is 299 cm³/mol. The highest BCUT2D eigenvalue weighted by Gasteiger charge is 2.11. The third-order valence-electron chi connectivity index (χ3n) is 13.5. The highest BCUT2D eigenvalue weighted by Crippen LogP contribution is 2.33.